The number of anilines is 2. The summed E-state index contributed by atoms with van der Waals surface area (Å²) in [6.45, 7) is 9.06. The van der Waals surface area contributed by atoms with Crippen molar-refractivity contribution in [1.29, 1.82) is 0 Å². The van der Waals surface area contributed by atoms with Gasteiger partial charge in [-0.15, -0.1) is 0 Å². The first-order chi connectivity index (χ1) is 37.0. The van der Waals surface area contributed by atoms with E-state index in [1.54, 1.807) is 116 Å². The van der Waals surface area contributed by atoms with Gasteiger partial charge in [0.1, 0.15) is 46.7 Å². The molecular weight excluding hydrogens is 963 g/mol. The highest BCUT2D eigenvalue weighted by atomic mass is 16.5. The second kappa shape index (κ2) is 20.9. The Labute approximate surface area is 431 Å². The molecule has 372 valence electrons. The number of ether oxygens (including phenoxy) is 2. The zero-order valence-electron chi connectivity index (χ0n) is 40.6. The standard InChI is InChI=1S/C29H22N6O3.C28H21N7O3/c1-19-7-6-16-33(28(19)36)21-8-5-9-22(17-21)35-27-25(26(30)31-18-32-27)34(29(35)37)20-12-14-24(15-13-20)38-23-10-3-2-4-11-23;1-30-23(27(36)31-2)16-18-7-6-8-20(15-18)35-26-24(25(29)32-17-33-26)34(28(35)37)19-11-13-22(14-12-19)38-21-9-4-3-5-10-21/h2-18H,1H3,(H2,30,31,32);3-17H,2H3,(H,31,36)(H2,29,32,33)/b;23-16-. The highest BCUT2D eigenvalue weighted by Gasteiger charge is 2.23. The van der Waals surface area contributed by atoms with Crippen LogP contribution in [-0.4, -0.2) is 55.7 Å². The Kier molecular flexibility index (Phi) is 13.3. The number of carbonyl (C=O) groups is 1. The molecule has 0 atom stereocenters. The van der Waals surface area contributed by atoms with E-state index < -0.39 is 11.6 Å². The Bertz CT molecular complexity index is 4230. The summed E-state index contributed by atoms with van der Waals surface area (Å²) in [6.07, 6.45) is 5.76. The fraction of sp³-hybridized carbons (Fsp3) is 0.0351. The molecule has 1 amide bonds. The number of benzene rings is 6. The molecule has 0 saturated heterocycles. The van der Waals surface area contributed by atoms with Crippen LogP contribution in [0.15, 0.2) is 209 Å². The number of hydrogen-bond acceptors (Lipinski definition) is 12. The first-order valence-electron chi connectivity index (χ1n) is 23.4. The maximum Gasteiger partial charge on any atom is 0.339 e. The Morgan fingerprint density at radius 2 is 1.03 bits per heavy atom. The second-order valence-electron chi connectivity index (χ2n) is 16.8. The molecule has 0 bridgehead atoms. The summed E-state index contributed by atoms with van der Waals surface area (Å²) in [5, 5.41) is 2.44. The average molecular weight is 1010 g/mol. The number of likely N-dealkylation sites (N-methyl/N-ethyl adjacent to an activating group) is 1. The van der Waals surface area contributed by atoms with Crippen LogP contribution in [0.1, 0.15) is 11.1 Å². The number of rotatable bonds is 11. The number of nitrogens with zero attached hydrogens (tertiary/aromatic N) is 10. The van der Waals surface area contributed by atoms with Gasteiger partial charge < -0.3 is 26.3 Å². The quantitative estimate of drug-likeness (QED) is 0.0820. The first kappa shape index (κ1) is 48.5. The fourth-order valence-electron chi connectivity index (χ4n) is 8.39. The molecule has 0 unspecified atom stereocenters. The zero-order chi connectivity index (χ0) is 52.9. The van der Waals surface area contributed by atoms with Gasteiger partial charge in [-0.05, 0) is 128 Å². The van der Waals surface area contributed by atoms with Crippen molar-refractivity contribution >= 4 is 45.9 Å². The van der Waals surface area contributed by atoms with E-state index in [2.05, 4.69) is 30.1 Å². The van der Waals surface area contributed by atoms with Gasteiger partial charge in [-0.3, -0.25) is 23.3 Å². The number of imidazole rings is 2. The van der Waals surface area contributed by atoms with Crippen molar-refractivity contribution < 1.29 is 14.3 Å². The summed E-state index contributed by atoms with van der Waals surface area (Å²) in [5.74, 6) is 2.43. The minimum absolute atomic E-state index is 0.0798. The van der Waals surface area contributed by atoms with Crippen molar-refractivity contribution in [3.8, 4) is 51.4 Å². The molecule has 5 heterocycles. The van der Waals surface area contributed by atoms with Crippen molar-refractivity contribution in [2.45, 2.75) is 6.92 Å². The number of aromatic nitrogens is 9. The Morgan fingerprint density at radius 3 is 1.53 bits per heavy atom. The lowest BCUT2D eigenvalue weighted by Crippen LogP contribution is -2.23. The van der Waals surface area contributed by atoms with Gasteiger partial charge in [0, 0.05) is 18.8 Å². The summed E-state index contributed by atoms with van der Waals surface area (Å²) in [6, 6.07) is 50.5. The topological polar surface area (TPSA) is 231 Å². The lowest BCUT2D eigenvalue weighted by Gasteiger charge is -2.09. The van der Waals surface area contributed by atoms with Crippen LogP contribution >= 0.6 is 0 Å². The van der Waals surface area contributed by atoms with Crippen molar-refractivity contribution in [3.63, 3.8) is 0 Å². The molecule has 76 heavy (non-hydrogen) atoms. The number of para-hydroxylation sites is 2. The highest BCUT2D eigenvalue weighted by Crippen LogP contribution is 2.29. The maximum atomic E-state index is 13.9. The third-order valence-corrected chi connectivity index (χ3v) is 12.0. The van der Waals surface area contributed by atoms with Gasteiger partial charge in [0.25, 0.3) is 11.3 Å². The van der Waals surface area contributed by atoms with Crippen LogP contribution < -0.4 is 43.2 Å². The predicted molar refractivity (Wildman–Crippen MR) is 290 cm³/mol. The molecule has 0 fully saturated rings. The molecule has 0 aliphatic heterocycles. The normalized spacial score (nSPS) is 11.1. The molecule has 0 saturated carbocycles. The summed E-state index contributed by atoms with van der Waals surface area (Å²) in [7, 11) is 1.45. The van der Waals surface area contributed by atoms with E-state index in [0.29, 0.717) is 84.9 Å². The monoisotopic (exact) mass is 1010 g/mol. The number of fused-ring (bicyclic) bond motifs is 2. The lowest BCUT2D eigenvalue weighted by molar-refractivity contribution is -0.116. The van der Waals surface area contributed by atoms with Gasteiger partial charge in [-0.2, -0.15) is 0 Å². The molecule has 6 aromatic carbocycles. The molecule has 19 heteroatoms. The van der Waals surface area contributed by atoms with Gasteiger partial charge >= 0.3 is 11.4 Å². The zero-order valence-corrected chi connectivity index (χ0v) is 40.6. The van der Waals surface area contributed by atoms with Crippen molar-refractivity contribution in [2.75, 3.05) is 18.5 Å². The second-order valence-corrected chi connectivity index (χ2v) is 16.8. The number of pyridine rings is 1. The van der Waals surface area contributed by atoms with Crippen LogP contribution in [0.4, 0.5) is 11.6 Å². The molecule has 0 aliphatic rings. The Hall–Kier alpha value is -11.1. The SMILES string of the molecule is Cc1cccn(-c2cccc(-n3c(=O)n(-c4ccc(Oc5ccccc5)cc4)c4c(N)ncnc43)c2)c1=O.[C-]#[N+]/C(=C\c1cccc(-n2c(=O)n(-c3ccc(Oc4ccccc4)cc3)c3c(N)ncnc32)c1)C(=O)NC. The molecule has 11 rings (SSSR count). The van der Waals surface area contributed by atoms with Crippen LogP contribution in [0.5, 0.6) is 23.0 Å². The minimum atomic E-state index is -0.501. The minimum Gasteiger partial charge on any atom is -0.457 e. The van der Waals surface area contributed by atoms with Crippen molar-refractivity contribution in [1.82, 2.24) is 48.1 Å². The fourth-order valence-corrected chi connectivity index (χ4v) is 8.39. The average Bonchev–Trinajstić information content (AvgIpc) is 3.96. The van der Waals surface area contributed by atoms with Crippen LogP contribution in [0.2, 0.25) is 0 Å². The number of hydrogen-bond donors (Lipinski definition) is 3. The number of amides is 1. The van der Waals surface area contributed by atoms with Crippen molar-refractivity contribution in [2.24, 2.45) is 0 Å². The van der Waals surface area contributed by atoms with Gasteiger partial charge in [0.2, 0.25) is 5.91 Å². The molecular formula is C57H43N13O6. The number of carbonyl (C=O) groups excluding carboxylic acids is 1. The van der Waals surface area contributed by atoms with E-state index >= 15 is 0 Å². The van der Waals surface area contributed by atoms with Crippen LogP contribution in [0, 0.1) is 13.5 Å². The van der Waals surface area contributed by atoms with Crippen LogP contribution in [0.25, 0.3) is 61.7 Å². The molecule has 0 radical (unpaired) electrons. The maximum absolute atomic E-state index is 13.9. The third kappa shape index (κ3) is 9.53. The largest absolute Gasteiger partial charge is 0.457 e. The first-order valence-corrected chi connectivity index (χ1v) is 23.4. The number of nitrogen functional groups attached to an aromatic ring is 2. The van der Waals surface area contributed by atoms with Gasteiger partial charge in [-0.25, -0.2) is 43.5 Å². The molecule has 0 spiro atoms. The predicted octanol–water partition coefficient (Wildman–Crippen LogP) is 8.36. The summed E-state index contributed by atoms with van der Waals surface area (Å²) >= 11 is 0. The lowest BCUT2D eigenvalue weighted by atomic mass is 10.1. The number of nitrogens with one attached hydrogen (secondary N) is 1. The third-order valence-electron chi connectivity index (χ3n) is 12.0. The van der Waals surface area contributed by atoms with Gasteiger partial charge in [0.15, 0.2) is 22.9 Å². The molecule has 5 aromatic heterocycles. The van der Waals surface area contributed by atoms with Crippen LogP contribution in [0.3, 0.4) is 0 Å². The van der Waals surface area contributed by atoms with E-state index in [4.69, 9.17) is 27.5 Å². The summed E-state index contributed by atoms with van der Waals surface area (Å²) < 4.78 is 19.1. The molecule has 0 aliphatic carbocycles. The molecule has 5 N–H and O–H groups in total. The smallest absolute Gasteiger partial charge is 0.339 e. The Balaban J connectivity index is 0.000000173. The van der Waals surface area contributed by atoms with Crippen molar-refractivity contribution in [3.05, 3.63) is 248 Å². The van der Waals surface area contributed by atoms with Crippen LogP contribution in [-0.2, 0) is 4.79 Å². The van der Waals surface area contributed by atoms with E-state index in [1.807, 2.05) is 66.7 Å². The molecule has 19 nitrogen and oxygen atoms in total. The van der Waals surface area contributed by atoms with E-state index in [-0.39, 0.29) is 28.6 Å². The number of nitrogens with two attached hydrogens (primary N) is 2. The Morgan fingerprint density at radius 1 is 0.553 bits per heavy atom. The van der Waals surface area contributed by atoms with E-state index in [1.165, 1.54) is 48.6 Å². The summed E-state index contributed by atoms with van der Waals surface area (Å²) in [4.78, 5) is 72.6. The highest BCUT2D eigenvalue weighted by molar-refractivity contribution is 5.99. The van der Waals surface area contributed by atoms with Gasteiger partial charge in [-0.1, -0.05) is 60.7 Å². The van der Waals surface area contributed by atoms with E-state index in [9.17, 15) is 19.2 Å². The number of aryl methyl sites for hydroxylation is 1. The summed E-state index contributed by atoms with van der Waals surface area (Å²) in [5.41, 5.74) is 16.8. The van der Waals surface area contributed by atoms with Gasteiger partial charge in [0.05, 0.1) is 35.0 Å². The molecule has 11 aromatic rings. The van der Waals surface area contributed by atoms with E-state index in [0.717, 1.165) is 0 Å².